The minimum absolute atomic E-state index is 0. The van der Waals surface area contributed by atoms with Gasteiger partial charge in [0.2, 0.25) is 0 Å². The van der Waals surface area contributed by atoms with Gasteiger partial charge in [0.05, 0.1) is 5.30 Å². The summed E-state index contributed by atoms with van der Waals surface area (Å²) in [5.41, 5.74) is 0. The van der Waals surface area contributed by atoms with Gasteiger partial charge in [0.15, 0.2) is 0 Å². The van der Waals surface area contributed by atoms with Crippen LogP contribution < -0.4 is 20.0 Å². The number of hydrogen-bond acceptors (Lipinski definition) is 3. The third-order valence-electron chi connectivity index (χ3n) is 1.28. The zero-order valence-corrected chi connectivity index (χ0v) is 13.7. The molecule has 0 saturated carbocycles. The molecule has 0 heterocycles. The van der Waals surface area contributed by atoms with Gasteiger partial charge >= 0.3 is 23.1 Å². The van der Waals surface area contributed by atoms with E-state index in [9.17, 15) is 14.7 Å². The van der Waals surface area contributed by atoms with E-state index in [1.807, 2.05) is 0 Å². The van der Waals surface area contributed by atoms with Crippen molar-refractivity contribution in [2.24, 2.45) is 0 Å². The van der Waals surface area contributed by atoms with E-state index in [1.54, 1.807) is 0 Å². The van der Waals surface area contributed by atoms with Crippen LogP contribution in [0, 0.1) is 0 Å². The molecule has 0 fully saturated rings. The van der Waals surface area contributed by atoms with Gasteiger partial charge in [-0.05, 0) is 59.9 Å². The molecular weight excluding hydrogens is 415 g/mol. The summed E-state index contributed by atoms with van der Waals surface area (Å²) in [6, 6.07) is 2.52. The second-order valence-electron chi connectivity index (χ2n) is 2.22. The zero-order chi connectivity index (χ0) is 10.2. The van der Waals surface area contributed by atoms with Gasteiger partial charge in [-0.25, -0.2) is 0 Å². The molecular formula is C6H2Br3MgO3P. The second kappa shape index (κ2) is 5.89. The predicted octanol–water partition coefficient (Wildman–Crippen LogP) is 0.0621. The topological polar surface area (TPSA) is 69.2 Å². The Morgan fingerprint density at radius 1 is 0.929 bits per heavy atom. The fourth-order valence-corrected chi connectivity index (χ4v) is 3.04. The van der Waals surface area contributed by atoms with Gasteiger partial charge in [-0.15, -0.1) is 7.94 Å². The summed E-state index contributed by atoms with van der Waals surface area (Å²) in [5.74, 6) is 0. The van der Waals surface area contributed by atoms with E-state index in [-0.39, 0.29) is 28.4 Å². The van der Waals surface area contributed by atoms with Crippen molar-refractivity contribution in [2.75, 3.05) is 0 Å². The molecule has 0 atom stereocenters. The fourth-order valence-electron chi connectivity index (χ4n) is 0.700. The van der Waals surface area contributed by atoms with Crippen LogP contribution in [0.15, 0.2) is 25.6 Å². The molecule has 72 valence electrons. The summed E-state index contributed by atoms with van der Waals surface area (Å²) in [5, 5.41) is -0.241. The SMILES string of the molecule is [Mg+2].[O-][P+]([O-])([O-])c1cc(Br)c(Br)c(Br)c1. The molecule has 8 heteroatoms. The fraction of sp³-hybridized carbons (Fsp3) is 0. The monoisotopic (exact) mass is 414 g/mol. The van der Waals surface area contributed by atoms with Gasteiger partial charge in [-0.2, -0.15) is 0 Å². The van der Waals surface area contributed by atoms with Crippen LogP contribution in [0.2, 0.25) is 0 Å². The Balaban J connectivity index is 0.00000169. The normalized spacial score (nSPS) is 11.0. The Labute approximate surface area is 123 Å². The molecule has 1 rings (SSSR count). The summed E-state index contributed by atoms with van der Waals surface area (Å²) < 4.78 is 1.71. The van der Waals surface area contributed by atoms with Gasteiger partial charge in [-0.3, -0.25) is 0 Å². The molecule has 14 heavy (non-hydrogen) atoms. The average molecular weight is 417 g/mol. The molecule has 1 aromatic carbocycles. The molecule has 0 unspecified atom stereocenters. The van der Waals surface area contributed by atoms with Crippen LogP contribution in [0.5, 0.6) is 0 Å². The largest absolute Gasteiger partial charge is 2.00 e. The minimum Gasteiger partial charge on any atom is -0.683 e. The summed E-state index contributed by atoms with van der Waals surface area (Å²) in [6.07, 6.45) is 0. The number of rotatable bonds is 1. The van der Waals surface area contributed by atoms with E-state index in [0.717, 1.165) is 0 Å². The first-order valence-corrected chi connectivity index (χ1v) is 6.91. The summed E-state index contributed by atoms with van der Waals surface area (Å²) in [7, 11) is -4.67. The first kappa shape index (κ1) is 15.7. The molecule has 0 N–H and O–H groups in total. The van der Waals surface area contributed by atoms with Gasteiger partial charge < -0.3 is 14.7 Å². The van der Waals surface area contributed by atoms with E-state index in [2.05, 4.69) is 47.8 Å². The Kier molecular flexibility index (Phi) is 6.61. The summed E-state index contributed by atoms with van der Waals surface area (Å²) in [6.45, 7) is 0. The van der Waals surface area contributed by atoms with Crippen LogP contribution in [-0.4, -0.2) is 23.1 Å². The van der Waals surface area contributed by atoms with E-state index < -0.39 is 7.94 Å². The van der Waals surface area contributed by atoms with Gasteiger partial charge in [0.25, 0.3) is 0 Å². The van der Waals surface area contributed by atoms with Crippen molar-refractivity contribution in [3.63, 3.8) is 0 Å². The zero-order valence-electron chi connectivity index (χ0n) is 6.67. The second-order valence-corrected chi connectivity index (χ2v) is 6.23. The molecule has 0 spiro atoms. The van der Waals surface area contributed by atoms with Crippen molar-refractivity contribution in [3.05, 3.63) is 25.6 Å². The Morgan fingerprint density at radius 2 is 1.29 bits per heavy atom. The van der Waals surface area contributed by atoms with Crippen molar-refractivity contribution >= 4 is 84.1 Å². The molecule has 0 aliphatic heterocycles. The van der Waals surface area contributed by atoms with Crippen molar-refractivity contribution in [3.8, 4) is 0 Å². The van der Waals surface area contributed by atoms with Crippen LogP contribution in [-0.2, 0) is 0 Å². The first-order chi connectivity index (χ1) is 5.82. The smallest absolute Gasteiger partial charge is 0.683 e. The van der Waals surface area contributed by atoms with Gasteiger partial charge in [0, 0.05) is 13.4 Å². The van der Waals surface area contributed by atoms with Crippen molar-refractivity contribution in [2.45, 2.75) is 0 Å². The molecule has 3 nitrogen and oxygen atoms in total. The number of hydrogen-bond donors (Lipinski definition) is 0. The van der Waals surface area contributed by atoms with Crippen LogP contribution in [0.3, 0.4) is 0 Å². The first-order valence-electron chi connectivity index (χ1n) is 2.99. The van der Waals surface area contributed by atoms with Crippen molar-refractivity contribution in [1.29, 1.82) is 0 Å². The van der Waals surface area contributed by atoms with E-state index in [4.69, 9.17) is 0 Å². The van der Waals surface area contributed by atoms with E-state index in [0.29, 0.717) is 13.4 Å². The minimum atomic E-state index is -4.67. The van der Waals surface area contributed by atoms with Crippen LogP contribution in [0.4, 0.5) is 0 Å². The van der Waals surface area contributed by atoms with Crippen LogP contribution >= 0.6 is 55.7 Å². The van der Waals surface area contributed by atoms with Gasteiger partial charge in [-0.1, -0.05) is 0 Å². The molecule has 0 aromatic heterocycles. The molecule has 0 bridgehead atoms. The summed E-state index contributed by atoms with van der Waals surface area (Å²) >= 11 is 9.42. The molecule has 1 aromatic rings. The van der Waals surface area contributed by atoms with E-state index in [1.165, 1.54) is 12.1 Å². The third kappa shape index (κ3) is 3.95. The molecule has 0 radical (unpaired) electrons. The van der Waals surface area contributed by atoms with Crippen molar-refractivity contribution < 1.29 is 14.7 Å². The van der Waals surface area contributed by atoms with Gasteiger partial charge in [0.1, 0.15) is 0 Å². The van der Waals surface area contributed by atoms with Crippen LogP contribution in [0.25, 0.3) is 0 Å². The maximum atomic E-state index is 10.7. The Bertz CT molecular complexity index is 319. The molecule has 0 aliphatic carbocycles. The maximum absolute atomic E-state index is 10.7. The maximum Gasteiger partial charge on any atom is 2.00 e. The number of halogens is 3. The molecule has 0 aliphatic rings. The quantitative estimate of drug-likeness (QED) is 0.369. The standard InChI is InChI=1S/C6H4Br3O3P.Mg/c7-4-1-3(13(10,11)12)2-5(8)6(4)9;/h1-2H,(H2,10,11,12);/q;+2/p-2. The van der Waals surface area contributed by atoms with Crippen LogP contribution in [0.1, 0.15) is 0 Å². The summed E-state index contributed by atoms with van der Waals surface area (Å²) in [4.78, 5) is 32.0. The third-order valence-corrected chi connectivity index (χ3v) is 5.34. The average Bonchev–Trinajstić information content (AvgIpc) is 1.97. The number of benzene rings is 1. The Hall–Kier alpha value is 1.74. The predicted molar refractivity (Wildman–Crippen MR) is 61.9 cm³/mol. The van der Waals surface area contributed by atoms with E-state index >= 15 is 0 Å². The molecule has 0 amide bonds. The molecule has 0 saturated heterocycles. The Morgan fingerprint density at radius 3 is 1.57 bits per heavy atom. The van der Waals surface area contributed by atoms with Crippen molar-refractivity contribution in [1.82, 2.24) is 0 Å².